The highest BCUT2D eigenvalue weighted by atomic mass is 32.2. The fraction of sp³-hybridized carbons (Fsp3) is 0.407. The Kier molecular flexibility index (Phi) is 7.87. The van der Waals surface area contributed by atoms with E-state index in [9.17, 15) is 8.42 Å². The Morgan fingerprint density at radius 1 is 1.05 bits per heavy atom. The molecule has 196 valence electrons. The first-order valence-electron chi connectivity index (χ1n) is 12.5. The van der Waals surface area contributed by atoms with Gasteiger partial charge in [-0.3, -0.25) is 4.98 Å². The summed E-state index contributed by atoms with van der Waals surface area (Å²) in [6.45, 7) is 2.66. The second-order valence-corrected chi connectivity index (χ2v) is 11.2. The fourth-order valence-corrected chi connectivity index (χ4v) is 6.29. The van der Waals surface area contributed by atoms with Crippen LogP contribution in [0.5, 0.6) is 11.6 Å². The number of aromatic nitrogens is 2. The third kappa shape index (κ3) is 5.87. The zero-order chi connectivity index (χ0) is 25.7. The first-order valence-corrected chi connectivity index (χ1v) is 14.0. The number of nitrogens with zero attached hydrogens (tertiary/aromatic N) is 4. The molecular formula is C27H32N4O5S. The molecule has 2 aliphatic rings. The molecule has 0 amide bonds. The largest absolute Gasteiger partial charge is 0.491 e. The van der Waals surface area contributed by atoms with E-state index in [1.54, 1.807) is 41.9 Å². The van der Waals surface area contributed by atoms with Crippen molar-refractivity contribution in [2.75, 3.05) is 38.3 Å². The number of ether oxygens (including phenoxy) is 3. The van der Waals surface area contributed by atoms with E-state index in [1.807, 2.05) is 36.5 Å². The molecule has 0 radical (unpaired) electrons. The van der Waals surface area contributed by atoms with E-state index < -0.39 is 10.0 Å². The molecule has 1 aromatic carbocycles. The van der Waals surface area contributed by atoms with Crippen molar-refractivity contribution in [3.05, 3.63) is 72.6 Å². The smallest absolute Gasteiger partial charge is 0.259 e. The fourth-order valence-electron chi connectivity index (χ4n) is 4.80. The maximum absolute atomic E-state index is 13.2. The number of hydrogen-bond donors (Lipinski definition) is 0. The van der Waals surface area contributed by atoms with Crippen LogP contribution in [0.1, 0.15) is 24.8 Å². The first kappa shape index (κ1) is 25.4. The van der Waals surface area contributed by atoms with Crippen molar-refractivity contribution in [1.82, 2.24) is 14.3 Å². The van der Waals surface area contributed by atoms with Gasteiger partial charge < -0.3 is 19.1 Å². The van der Waals surface area contributed by atoms with Gasteiger partial charge in [0.2, 0.25) is 10.0 Å². The lowest BCUT2D eigenvalue weighted by molar-refractivity contribution is 0.135. The van der Waals surface area contributed by atoms with E-state index in [0.717, 1.165) is 17.8 Å². The quantitative estimate of drug-likeness (QED) is 0.420. The number of piperidine rings is 1. The molecule has 2 saturated heterocycles. The summed E-state index contributed by atoms with van der Waals surface area (Å²) in [5, 5.41) is 0. The highest BCUT2D eigenvalue weighted by Gasteiger charge is 2.33. The number of hydrogen-bond acceptors (Lipinski definition) is 8. The summed E-state index contributed by atoms with van der Waals surface area (Å²) >= 11 is 0. The average molecular weight is 525 g/mol. The van der Waals surface area contributed by atoms with Crippen LogP contribution in [0.2, 0.25) is 0 Å². The molecule has 1 atom stereocenters. The second-order valence-electron chi connectivity index (χ2n) is 9.22. The molecule has 0 saturated carbocycles. The van der Waals surface area contributed by atoms with Gasteiger partial charge in [-0.05, 0) is 48.7 Å². The Bertz CT molecular complexity index is 1260. The number of rotatable bonds is 9. The van der Waals surface area contributed by atoms with Crippen LogP contribution in [0.15, 0.2) is 71.9 Å². The molecule has 2 fully saturated rings. The molecule has 2 aromatic heterocycles. The Labute approximate surface area is 218 Å². The Hall–Kier alpha value is -3.21. The summed E-state index contributed by atoms with van der Waals surface area (Å²) in [5.41, 5.74) is 1.05. The van der Waals surface area contributed by atoms with Crippen LogP contribution in [0, 0.1) is 0 Å². The molecule has 1 unspecified atom stereocenters. The van der Waals surface area contributed by atoms with E-state index in [4.69, 9.17) is 19.2 Å². The number of sulfonamides is 1. The van der Waals surface area contributed by atoms with Crippen molar-refractivity contribution >= 4 is 15.8 Å². The van der Waals surface area contributed by atoms with Crippen LogP contribution >= 0.6 is 0 Å². The molecule has 5 rings (SSSR count). The molecule has 10 heteroatoms. The zero-order valence-corrected chi connectivity index (χ0v) is 21.7. The molecular weight excluding hydrogens is 492 g/mol. The summed E-state index contributed by atoms with van der Waals surface area (Å²) in [6, 6.07) is 16.5. The van der Waals surface area contributed by atoms with Crippen LogP contribution < -0.4 is 14.4 Å². The minimum atomic E-state index is -3.52. The van der Waals surface area contributed by atoms with Crippen LogP contribution in [-0.2, 0) is 21.3 Å². The molecule has 0 aliphatic carbocycles. The van der Waals surface area contributed by atoms with Gasteiger partial charge in [0.25, 0.3) is 5.88 Å². The van der Waals surface area contributed by atoms with Crippen LogP contribution in [0.25, 0.3) is 0 Å². The van der Waals surface area contributed by atoms with E-state index in [2.05, 4.69) is 9.88 Å². The molecule has 9 nitrogen and oxygen atoms in total. The minimum absolute atomic E-state index is 0.0603. The van der Waals surface area contributed by atoms with Gasteiger partial charge in [0.15, 0.2) is 5.75 Å². The highest BCUT2D eigenvalue weighted by molar-refractivity contribution is 7.89. The lowest BCUT2D eigenvalue weighted by Gasteiger charge is -2.39. The SMILES string of the molecule is COc1ccc(N(Cc2cccnc2)C2CCN(S(=O)(=O)c3ccccc3)CC2)nc1OC1CCOC1. The summed E-state index contributed by atoms with van der Waals surface area (Å²) < 4.78 is 45.0. The van der Waals surface area contributed by atoms with E-state index in [0.29, 0.717) is 62.2 Å². The maximum Gasteiger partial charge on any atom is 0.259 e. The summed E-state index contributed by atoms with van der Waals surface area (Å²) in [4.78, 5) is 11.7. The van der Waals surface area contributed by atoms with E-state index >= 15 is 0 Å². The Balaban J connectivity index is 1.39. The first-order chi connectivity index (χ1) is 18.0. The van der Waals surface area contributed by atoms with Gasteiger partial charge in [-0.15, -0.1) is 0 Å². The number of anilines is 1. The van der Waals surface area contributed by atoms with E-state index in [-0.39, 0.29) is 12.1 Å². The Morgan fingerprint density at radius 2 is 1.86 bits per heavy atom. The van der Waals surface area contributed by atoms with Crippen molar-refractivity contribution in [2.24, 2.45) is 0 Å². The standard InChI is InChI=1S/C27H32N4O5S/c1-34-25-9-10-26(29-27(25)36-23-13-17-35-20-23)31(19-21-6-5-14-28-18-21)22-11-15-30(16-12-22)37(32,33)24-7-3-2-4-8-24/h2-10,14,18,22-23H,11-13,15-17,19-20H2,1H3. The molecule has 0 spiro atoms. The summed E-state index contributed by atoms with van der Waals surface area (Å²) in [5.74, 6) is 1.76. The summed E-state index contributed by atoms with van der Waals surface area (Å²) in [6.07, 6.45) is 5.69. The predicted molar refractivity (Wildman–Crippen MR) is 139 cm³/mol. The van der Waals surface area contributed by atoms with Gasteiger partial charge in [-0.2, -0.15) is 9.29 Å². The van der Waals surface area contributed by atoms with Crippen LogP contribution in [0.4, 0.5) is 5.82 Å². The molecule has 37 heavy (non-hydrogen) atoms. The lowest BCUT2D eigenvalue weighted by Crippen LogP contribution is -2.47. The zero-order valence-electron chi connectivity index (χ0n) is 20.9. The molecule has 4 heterocycles. The van der Waals surface area contributed by atoms with Crippen molar-refractivity contribution in [3.63, 3.8) is 0 Å². The number of benzene rings is 1. The van der Waals surface area contributed by atoms with Gasteiger partial charge in [0.1, 0.15) is 11.9 Å². The number of pyridine rings is 2. The molecule has 3 aromatic rings. The van der Waals surface area contributed by atoms with Gasteiger partial charge in [0, 0.05) is 44.5 Å². The van der Waals surface area contributed by atoms with Crippen LogP contribution in [-0.4, -0.2) is 68.2 Å². The molecule has 2 aliphatic heterocycles. The van der Waals surface area contributed by atoms with E-state index in [1.165, 1.54) is 0 Å². The van der Waals surface area contributed by atoms with Crippen molar-refractivity contribution in [2.45, 2.75) is 42.8 Å². The highest BCUT2D eigenvalue weighted by Crippen LogP contribution is 2.33. The normalized spacial score (nSPS) is 19.0. The third-order valence-corrected chi connectivity index (χ3v) is 8.72. The predicted octanol–water partition coefficient (Wildman–Crippen LogP) is 3.51. The number of methoxy groups -OCH3 is 1. The van der Waals surface area contributed by atoms with Gasteiger partial charge >= 0.3 is 0 Å². The van der Waals surface area contributed by atoms with Gasteiger partial charge in [0.05, 0.1) is 25.2 Å². The van der Waals surface area contributed by atoms with Crippen molar-refractivity contribution < 1.29 is 22.6 Å². The van der Waals surface area contributed by atoms with Crippen molar-refractivity contribution in [3.8, 4) is 11.6 Å². The third-order valence-electron chi connectivity index (χ3n) is 6.81. The average Bonchev–Trinajstić information content (AvgIpc) is 3.46. The monoisotopic (exact) mass is 524 g/mol. The summed E-state index contributed by atoms with van der Waals surface area (Å²) in [7, 11) is -1.92. The second kappa shape index (κ2) is 11.5. The topological polar surface area (TPSA) is 94.1 Å². The Morgan fingerprint density at radius 3 is 2.54 bits per heavy atom. The van der Waals surface area contributed by atoms with Crippen molar-refractivity contribution in [1.29, 1.82) is 0 Å². The lowest BCUT2D eigenvalue weighted by atomic mass is 10.0. The molecule has 0 N–H and O–H groups in total. The van der Waals surface area contributed by atoms with Gasteiger partial charge in [-0.1, -0.05) is 24.3 Å². The minimum Gasteiger partial charge on any atom is -0.491 e. The maximum atomic E-state index is 13.2. The van der Waals surface area contributed by atoms with Gasteiger partial charge in [-0.25, -0.2) is 8.42 Å². The molecule has 0 bridgehead atoms. The van der Waals surface area contributed by atoms with Crippen LogP contribution in [0.3, 0.4) is 0 Å².